The maximum Gasteiger partial charge on any atom is 0.247 e. The molecule has 40 heavy (non-hydrogen) atoms. The monoisotopic (exact) mass is 582 g/mol. The summed E-state index contributed by atoms with van der Waals surface area (Å²) < 4.78 is 45.0. The Bertz CT molecular complexity index is 1570. The van der Waals surface area contributed by atoms with Gasteiger partial charge in [0.15, 0.2) is 5.13 Å². The molecule has 2 N–H and O–H groups in total. The van der Waals surface area contributed by atoms with Crippen LogP contribution in [0.3, 0.4) is 0 Å². The molecule has 4 aromatic rings. The number of amides is 1. The molecule has 0 aliphatic heterocycles. The Morgan fingerprint density at radius 1 is 0.950 bits per heavy atom. The summed E-state index contributed by atoms with van der Waals surface area (Å²) in [5.41, 5.74) is 2.60. The highest BCUT2D eigenvalue weighted by atomic mass is 32.2. The van der Waals surface area contributed by atoms with Gasteiger partial charge in [-0.15, -0.1) is 11.3 Å². The van der Waals surface area contributed by atoms with Gasteiger partial charge in [-0.1, -0.05) is 30.3 Å². The van der Waals surface area contributed by atoms with Gasteiger partial charge in [0.25, 0.3) is 0 Å². The number of nitrogens with zero attached hydrogens (tertiary/aromatic N) is 2. The van der Waals surface area contributed by atoms with Crippen LogP contribution in [-0.2, 0) is 21.4 Å². The molecule has 210 valence electrons. The van der Waals surface area contributed by atoms with Gasteiger partial charge in [-0.3, -0.25) is 4.79 Å². The Hall–Kier alpha value is -4.13. The van der Waals surface area contributed by atoms with Crippen molar-refractivity contribution < 1.29 is 27.4 Å². The summed E-state index contributed by atoms with van der Waals surface area (Å²) >= 11 is 1.46. The summed E-state index contributed by atoms with van der Waals surface area (Å²) in [6.07, 6.45) is 0. The Morgan fingerprint density at radius 2 is 1.68 bits per heavy atom. The maximum absolute atomic E-state index is 13.9. The van der Waals surface area contributed by atoms with Crippen LogP contribution in [0.1, 0.15) is 5.56 Å². The van der Waals surface area contributed by atoms with Crippen molar-refractivity contribution in [3.63, 3.8) is 0 Å². The second-order valence-electron chi connectivity index (χ2n) is 8.53. The van der Waals surface area contributed by atoms with Crippen molar-refractivity contribution in [3.8, 4) is 28.5 Å². The first-order valence-electron chi connectivity index (χ1n) is 12.2. The third-order valence-corrected chi connectivity index (χ3v) is 8.67. The summed E-state index contributed by atoms with van der Waals surface area (Å²) in [4.78, 5) is 17.8. The van der Waals surface area contributed by atoms with Gasteiger partial charge in [0.1, 0.15) is 22.1 Å². The zero-order chi connectivity index (χ0) is 28.7. The molecule has 10 nitrogen and oxygen atoms in total. The highest BCUT2D eigenvalue weighted by Crippen LogP contribution is 2.33. The van der Waals surface area contributed by atoms with Gasteiger partial charge in [-0.05, 0) is 35.9 Å². The lowest BCUT2D eigenvalue weighted by Gasteiger charge is -2.23. The predicted octanol–water partition coefficient (Wildman–Crippen LogP) is 4.71. The van der Waals surface area contributed by atoms with E-state index in [-0.39, 0.29) is 17.2 Å². The first-order valence-corrected chi connectivity index (χ1v) is 14.5. The molecule has 4 rings (SSSR count). The van der Waals surface area contributed by atoms with Crippen LogP contribution in [-0.4, -0.2) is 58.5 Å². The third kappa shape index (κ3) is 6.53. The molecule has 1 heterocycles. The fourth-order valence-electron chi connectivity index (χ4n) is 3.97. The molecule has 0 radical (unpaired) electrons. The normalized spacial score (nSPS) is 11.2. The summed E-state index contributed by atoms with van der Waals surface area (Å²) in [5, 5.41) is 8.48. The number of thiazole rings is 1. The molecular weight excluding hydrogens is 552 g/mol. The van der Waals surface area contributed by atoms with Crippen molar-refractivity contribution in [2.45, 2.75) is 11.4 Å². The first-order chi connectivity index (χ1) is 19.3. The van der Waals surface area contributed by atoms with E-state index >= 15 is 0 Å². The molecule has 1 amide bonds. The summed E-state index contributed by atoms with van der Waals surface area (Å²) in [7, 11) is 1.91. The average Bonchev–Trinajstić information content (AvgIpc) is 3.46. The first kappa shape index (κ1) is 28.9. The Balaban J connectivity index is 1.66. The number of anilines is 2. The number of sulfonamides is 1. The standard InChI is InChI=1S/C28H30N4O6S2/c1-29-28-31-23(18-39-28)20-10-12-24(37-3)22(14-20)30-27(33)17-32(16-19-8-6-5-7-9-19)40(34,35)26-15-21(36-2)11-13-25(26)38-4/h5-15,18H,16-17H2,1-4H3,(H,29,31)(H,30,33). The van der Waals surface area contributed by atoms with E-state index in [1.54, 1.807) is 49.5 Å². The number of aromatic nitrogens is 1. The van der Waals surface area contributed by atoms with E-state index in [1.165, 1.54) is 44.8 Å². The minimum atomic E-state index is -4.21. The SMILES string of the molecule is CNc1nc(-c2ccc(OC)c(NC(=O)CN(Cc3ccccc3)S(=O)(=O)c3cc(OC)ccc3OC)c2)cs1. The van der Waals surface area contributed by atoms with Gasteiger partial charge in [0.2, 0.25) is 15.9 Å². The Kier molecular flexibility index (Phi) is 9.25. The van der Waals surface area contributed by atoms with E-state index in [9.17, 15) is 13.2 Å². The van der Waals surface area contributed by atoms with E-state index in [0.717, 1.165) is 20.7 Å². The largest absolute Gasteiger partial charge is 0.497 e. The van der Waals surface area contributed by atoms with Crippen molar-refractivity contribution in [2.24, 2.45) is 0 Å². The molecule has 0 bridgehead atoms. The number of hydrogen-bond acceptors (Lipinski definition) is 9. The van der Waals surface area contributed by atoms with Crippen molar-refractivity contribution in [1.29, 1.82) is 0 Å². The van der Waals surface area contributed by atoms with Crippen LogP contribution >= 0.6 is 11.3 Å². The van der Waals surface area contributed by atoms with Crippen LogP contribution in [0.25, 0.3) is 11.3 Å². The van der Waals surface area contributed by atoms with Crippen molar-refractivity contribution in [1.82, 2.24) is 9.29 Å². The van der Waals surface area contributed by atoms with Gasteiger partial charge in [0.05, 0.1) is 39.3 Å². The molecule has 0 spiro atoms. The molecule has 0 atom stereocenters. The maximum atomic E-state index is 13.9. The third-order valence-electron chi connectivity index (χ3n) is 6.00. The van der Waals surface area contributed by atoms with E-state index in [0.29, 0.717) is 22.7 Å². The minimum absolute atomic E-state index is 0.0419. The topological polar surface area (TPSA) is 119 Å². The van der Waals surface area contributed by atoms with Gasteiger partial charge in [0, 0.05) is 30.6 Å². The van der Waals surface area contributed by atoms with Crippen molar-refractivity contribution >= 4 is 38.1 Å². The quantitative estimate of drug-likeness (QED) is 0.247. The zero-order valence-electron chi connectivity index (χ0n) is 22.5. The minimum Gasteiger partial charge on any atom is -0.497 e. The molecule has 0 fully saturated rings. The number of benzene rings is 3. The zero-order valence-corrected chi connectivity index (χ0v) is 24.1. The molecule has 12 heteroatoms. The average molecular weight is 583 g/mol. The molecule has 0 aliphatic carbocycles. The van der Waals surface area contributed by atoms with Crippen LogP contribution in [0.15, 0.2) is 77.0 Å². The number of rotatable bonds is 12. The van der Waals surface area contributed by atoms with Crippen molar-refractivity contribution in [2.75, 3.05) is 45.6 Å². The highest BCUT2D eigenvalue weighted by Gasteiger charge is 2.30. The lowest BCUT2D eigenvalue weighted by Crippen LogP contribution is -2.37. The van der Waals surface area contributed by atoms with Gasteiger partial charge in [-0.25, -0.2) is 13.4 Å². The second-order valence-corrected chi connectivity index (χ2v) is 11.3. The molecule has 0 aliphatic rings. The Morgan fingerprint density at radius 3 is 2.33 bits per heavy atom. The highest BCUT2D eigenvalue weighted by molar-refractivity contribution is 7.89. The molecule has 0 saturated heterocycles. The molecular formula is C28H30N4O6S2. The lowest BCUT2D eigenvalue weighted by molar-refractivity contribution is -0.116. The second kappa shape index (κ2) is 12.8. The number of nitrogens with one attached hydrogen (secondary N) is 2. The lowest BCUT2D eigenvalue weighted by atomic mass is 10.1. The van der Waals surface area contributed by atoms with Crippen LogP contribution in [0.2, 0.25) is 0 Å². The van der Waals surface area contributed by atoms with E-state index in [4.69, 9.17) is 14.2 Å². The van der Waals surface area contributed by atoms with Crippen LogP contribution in [0.4, 0.5) is 10.8 Å². The fourth-order valence-corrected chi connectivity index (χ4v) is 6.21. The number of carbonyl (C=O) groups is 1. The van der Waals surface area contributed by atoms with Gasteiger partial charge in [-0.2, -0.15) is 4.31 Å². The van der Waals surface area contributed by atoms with E-state index in [1.807, 2.05) is 17.5 Å². The van der Waals surface area contributed by atoms with Crippen molar-refractivity contribution in [3.05, 3.63) is 77.7 Å². The number of ether oxygens (including phenoxy) is 3. The Labute approximate surface area is 237 Å². The number of carbonyl (C=O) groups excluding carboxylic acids is 1. The number of hydrogen-bond donors (Lipinski definition) is 2. The molecule has 0 saturated carbocycles. The summed E-state index contributed by atoms with van der Waals surface area (Å²) in [6.45, 7) is -0.509. The number of methoxy groups -OCH3 is 3. The van der Waals surface area contributed by atoms with E-state index in [2.05, 4.69) is 15.6 Å². The predicted molar refractivity (Wildman–Crippen MR) is 156 cm³/mol. The van der Waals surface area contributed by atoms with Gasteiger partial charge < -0.3 is 24.8 Å². The van der Waals surface area contributed by atoms with Crippen LogP contribution in [0, 0.1) is 0 Å². The van der Waals surface area contributed by atoms with E-state index < -0.39 is 22.5 Å². The molecule has 3 aromatic carbocycles. The smallest absolute Gasteiger partial charge is 0.247 e. The van der Waals surface area contributed by atoms with Crippen LogP contribution < -0.4 is 24.8 Å². The molecule has 1 aromatic heterocycles. The summed E-state index contributed by atoms with van der Waals surface area (Å²) in [6, 6.07) is 18.8. The molecule has 0 unspecified atom stereocenters. The van der Waals surface area contributed by atoms with Gasteiger partial charge >= 0.3 is 0 Å². The fraction of sp³-hybridized carbons (Fsp3) is 0.214. The summed E-state index contributed by atoms with van der Waals surface area (Å²) in [5.74, 6) is 0.352. The van der Waals surface area contributed by atoms with Crippen LogP contribution in [0.5, 0.6) is 17.2 Å².